The lowest BCUT2D eigenvalue weighted by Gasteiger charge is -2.36. The summed E-state index contributed by atoms with van der Waals surface area (Å²) in [5, 5.41) is 0. The summed E-state index contributed by atoms with van der Waals surface area (Å²) in [7, 11) is 0. The van der Waals surface area contributed by atoms with Gasteiger partial charge in [-0.1, -0.05) is 19.9 Å². The largest absolute Gasteiger partial charge is 0.271 e. The van der Waals surface area contributed by atoms with E-state index in [1.807, 2.05) is 18.3 Å². The lowest BCUT2D eigenvalue weighted by atomic mass is 9.73. The molecule has 3 atom stereocenters. The molecule has 0 bridgehead atoms. The highest BCUT2D eigenvalue weighted by atomic mass is 15.2. The molecule has 2 rings (SSSR count). The van der Waals surface area contributed by atoms with Crippen LogP contribution in [0.15, 0.2) is 24.4 Å². The normalized spacial score (nSPS) is 30.1. The zero-order valence-electron chi connectivity index (χ0n) is 11.5. The summed E-state index contributed by atoms with van der Waals surface area (Å²) in [6, 6.07) is 6.44. The van der Waals surface area contributed by atoms with Crippen molar-refractivity contribution >= 4 is 0 Å². The van der Waals surface area contributed by atoms with Crippen molar-refractivity contribution in [2.45, 2.75) is 45.6 Å². The van der Waals surface area contributed by atoms with Crippen LogP contribution in [0.4, 0.5) is 0 Å². The van der Waals surface area contributed by atoms with Gasteiger partial charge in [0.1, 0.15) is 0 Å². The molecule has 0 radical (unpaired) electrons. The van der Waals surface area contributed by atoms with Crippen LogP contribution in [0.2, 0.25) is 0 Å². The standard InChI is InChI=1S/C15H25N3/c1-11-7-12(2)9-13(8-11)15(18-16)10-14-5-3-4-6-17-14/h3-6,11-13,15,18H,7-10,16H2,1-2H3. The number of pyridine rings is 1. The summed E-state index contributed by atoms with van der Waals surface area (Å²) in [5.41, 5.74) is 4.15. The van der Waals surface area contributed by atoms with Gasteiger partial charge >= 0.3 is 0 Å². The Kier molecular flexibility index (Phi) is 4.72. The molecule has 3 unspecified atom stereocenters. The van der Waals surface area contributed by atoms with E-state index in [-0.39, 0.29) is 0 Å². The minimum absolute atomic E-state index is 0.352. The van der Waals surface area contributed by atoms with E-state index < -0.39 is 0 Å². The molecule has 0 amide bonds. The van der Waals surface area contributed by atoms with Crippen molar-refractivity contribution < 1.29 is 0 Å². The fraction of sp³-hybridized carbons (Fsp3) is 0.667. The van der Waals surface area contributed by atoms with E-state index in [0.29, 0.717) is 12.0 Å². The third-order valence-electron chi connectivity index (χ3n) is 4.15. The molecule has 0 spiro atoms. The third-order valence-corrected chi connectivity index (χ3v) is 4.15. The van der Waals surface area contributed by atoms with E-state index in [9.17, 15) is 0 Å². The highest BCUT2D eigenvalue weighted by Gasteiger charge is 2.29. The predicted octanol–water partition coefficient (Wildman–Crippen LogP) is 2.53. The first kappa shape index (κ1) is 13.5. The van der Waals surface area contributed by atoms with Crippen molar-refractivity contribution in [1.29, 1.82) is 0 Å². The summed E-state index contributed by atoms with van der Waals surface area (Å²) in [4.78, 5) is 4.40. The van der Waals surface area contributed by atoms with Gasteiger partial charge in [-0.3, -0.25) is 16.3 Å². The molecule has 3 N–H and O–H groups in total. The van der Waals surface area contributed by atoms with Crippen LogP contribution in [0.25, 0.3) is 0 Å². The Labute approximate surface area is 110 Å². The molecule has 1 fully saturated rings. The molecular weight excluding hydrogens is 222 g/mol. The highest BCUT2D eigenvalue weighted by Crippen LogP contribution is 2.35. The van der Waals surface area contributed by atoms with Crippen LogP contribution < -0.4 is 11.3 Å². The number of hydrazine groups is 1. The molecule has 3 nitrogen and oxygen atoms in total. The maximum Gasteiger partial charge on any atom is 0.0419 e. The first-order chi connectivity index (χ1) is 8.69. The second-order valence-corrected chi connectivity index (χ2v) is 5.98. The van der Waals surface area contributed by atoms with Crippen molar-refractivity contribution in [3.8, 4) is 0 Å². The van der Waals surface area contributed by atoms with Gasteiger partial charge in [0.05, 0.1) is 0 Å². The Balaban J connectivity index is 2.00. The molecule has 1 saturated carbocycles. The smallest absolute Gasteiger partial charge is 0.0419 e. The average Bonchev–Trinajstić information content (AvgIpc) is 2.36. The van der Waals surface area contributed by atoms with E-state index in [1.54, 1.807) is 0 Å². The Hall–Kier alpha value is -0.930. The minimum atomic E-state index is 0.352. The maximum absolute atomic E-state index is 5.76. The van der Waals surface area contributed by atoms with Gasteiger partial charge < -0.3 is 0 Å². The number of nitrogens with one attached hydrogen (secondary N) is 1. The van der Waals surface area contributed by atoms with Crippen molar-refractivity contribution in [2.75, 3.05) is 0 Å². The van der Waals surface area contributed by atoms with Gasteiger partial charge in [-0.25, -0.2) is 0 Å². The SMILES string of the molecule is CC1CC(C)CC(C(Cc2ccccn2)NN)C1. The first-order valence-corrected chi connectivity index (χ1v) is 7.05. The molecule has 1 aliphatic carbocycles. The molecule has 3 heteroatoms. The van der Waals surface area contributed by atoms with Gasteiger partial charge in [0.15, 0.2) is 0 Å². The molecule has 1 aliphatic rings. The Morgan fingerprint density at radius 2 is 2.00 bits per heavy atom. The van der Waals surface area contributed by atoms with E-state index in [0.717, 1.165) is 24.0 Å². The molecule has 100 valence electrons. The molecular formula is C15H25N3. The lowest BCUT2D eigenvalue weighted by Crippen LogP contribution is -2.45. The number of hydrogen-bond donors (Lipinski definition) is 2. The summed E-state index contributed by atoms with van der Waals surface area (Å²) in [6.45, 7) is 4.72. The first-order valence-electron chi connectivity index (χ1n) is 7.05. The van der Waals surface area contributed by atoms with Crippen LogP contribution >= 0.6 is 0 Å². The van der Waals surface area contributed by atoms with Crippen LogP contribution in [-0.2, 0) is 6.42 Å². The molecule has 1 aromatic rings. The zero-order chi connectivity index (χ0) is 13.0. The van der Waals surface area contributed by atoms with Crippen LogP contribution in [0.5, 0.6) is 0 Å². The van der Waals surface area contributed by atoms with E-state index in [2.05, 4.69) is 30.3 Å². The van der Waals surface area contributed by atoms with Gasteiger partial charge in [0.25, 0.3) is 0 Å². The summed E-state index contributed by atoms with van der Waals surface area (Å²) < 4.78 is 0. The topological polar surface area (TPSA) is 50.9 Å². The van der Waals surface area contributed by atoms with Crippen molar-refractivity contribution in [3.63, 3.8) is 0 Å². The molecule has 0 aromatic carbocycles. The number of nitrogens with two attached hydrogens (primary N) is 1. The molecule has 1 heterocycles. The number of nitrogens with zero attached hydrogens (tertiary/aromatic N) is 1. The van der Waals surface area contributed by atoms with Gasteiger partial charge in [-0.2, -0.15) is 0 Å². The van der Waals surface area contributed by atoms with Crippen molar-refractivity contribution in [1.82, 2.24) is 10.4 Å². The van der Waals surface area contributed by atoms with E-state index in [4.69, 9.17) is 5.84 Å². The number of hydrogen-bond acceptors (Lipinski definition) is 3. The lowest BCUT2D eigenvalue weighted by molar-refractivity contribution is 0.175. The summed E-state index contributed by atoms with van der Waals surface area (Å²) >= 11 is 0. The van der Waals surface area contributed by atoms with Crippen molar-refractivity contribution in [2.24, 2.45) is 23.6 Å². The highest BCUT2D eigenvalue weighted by molar-refractivity contribution is 5.06. The Morgan fingerprint density at radius 1 is 1.28 bits per heavy atom. The molecule has 0 saturated heterocycles. The quantitative estimate of drug-likeness (QED) is 0.635. The third kappa shape index (κ3) is 3.53. The second-order valence-electron chi connectivity index (χ2n) is 5.98. The summed E-state index contributed by atoms with van der Waals surface area (Å²) in [6.07, 6.45) is 6.71. The Morgan fingerprint density at radius 3 is 2.56 bits per heavy atom. The Bertz CT molecular complexity index is 342. The van der Waals surface area contributed by atoms with Gasteiger partial charge in [0.2, 0.25) is 0 Å². The average molecular weight is 247 g/mol. The van der Waals surface area contributed by atoms with Crippen LogP contribution in [0, 0.1) is 17.8 Å². The molecule has 0 aliphatic heterocycles. The van der Waals surface area contributed by atoms with Gasteiger partial charge in [-0.05, 0) is 49.1 Å². The summed E-state index contributed by atoms with van der Waals surface area (Å²) in [5.74, 6) is 8.08. The van der Waals surface area contributed by atoms with Gasteiger partial charge in [0, 0.05) is 24.4 Å². The molecule has 1 aromatic heterocycles. The van der Waals surface area contributed by atoms with Crippen LogP contribution in [0.3, 0.4) is 0 Å². The van der Waals surface area contributed by atoms with Crippen molar-refractivity contribution in [3.05, 3.63) is 30.1 Å². The van der Waals surface area contributed by atoms with Gasteiger partial charge in [-0.15, -0.1) is 0 Å². The van der Waals surface area contributed by atoms with Crippen LogP contribution in [0.1, 0.15) is 38.8 Å². The zero-order valence-corrected chi connectivity index (χ0v) is 11.5. The fourth-order valence-corrected chi connectivity index (χ4v) is 3.44. The number of aromatic nitrogens is 1. The minimum Gasteiger partial charge on any atom is -0.271 e. The fourth-order valence-electron chi connectivity index (χ4n) is 3.44. The monoisotopic (exact) mass is 247 g/mol. The second kappa shape index (κ2) is 6.30. The van der Waals surface area contributed by atoms with Crippen LogP contribution in [-0.4, -0.2) is 11.0 Å². The number of rotatable bonds is 4. The molecule has 18 heavy (non-hydrogen) atoms. The predicted molar refractivity (Wildman–Crippen MR) is 74.7 cm³/mol. The van der Waals surface area contributed by atoms with E-state index in [1.165, 1.54) is 19.3 Å². The van der Waals surface area contributed by atoms with E-state index >= 15 is 0 Å². The maximum atomic E-state index is 5.76.